The van der Waals surface area contributed by atoms with Crippen molar-refractivity contribution in [2.75, 3.05) is 13.1 Å². The maximum absolute atomic E-state index is 4.64. The van der Waals surface area contributed by atoms with Gasteiger partial charge in [0.05, 0.1) is 5.69 Å². The van der Waals surface area contributed by atoms with Gasteiger partial charge in [-0.3, -0.25) is 9.88 Å². The van der Waals surface area contributed by atoms with E-state index in [1.165, 1.54) is 18.4 Å². The second-order valence-corrected chi connectivity index (χ2v) is 7.37. The van der Waals surface area contributed by atoms with Crippen LogP contribution in [0.1, 0.15) is 42.9 Å². The van der Waals surface area contributed by atoms with Crippen molar-refractivity contribution in [1.29, 1.82) is 0 Å². The number of piperidine rings is 1. The first-order valence-corrected chi connectivity index (χ1v) is 9.76. The molecule has 140 valence electrons. The van der Waals surface area contributed by atoms with E-state index in [0.717, 1.165) is 43.5 Å². The molecule has 0 radical (unpaired) electrons. The third-order valence-corrected chi connectivity index (χ3v) is 5.41. The van der Waals surface area contributed by atoms with Gasteiger partial charge in [-0.05, 0) is 66.4 Å². The van der Waals surface area contributed by atoms with Crippen LogP contribution in [0.5, 0.6) is 0 Å². The van der Waals surface area contributed by atoms with Crippen LogP contribution in [0.15, 0.2) is 54.7 Å². The van der Waals surface area contributed by atoms with Gasteiger partial charge in [0.2, 0.25) is 0 Å². The summed E-state index contributed by atoms with van der Waals surface area (Å²) >= 11 is 0. The Balaban J connectivity index is 1.60. The van der Waals surface area contributed by atoms with Crippen LogP contribution >= 0.6 is 0 Å². The lowest BCUT2D eigenvalue weighted by molar-refractivity contribution is 0.147. The zero-order valence-electron chi connectivity index (χ0n) is 15.8. The molecule has 6 heteroatoms. The fraction of sp³-hybridized carbons (Fsp3) is 0.429. The third kappa shape index (κ3) is 4.22. The molecule has 1 atom stereocenters. The predicted molar refractivity (Wildman–Crippen MR) is 104 cm³/mol. The summed E-state index contributed by atoms with van der Waals surface area (Å²) in [4.78, 5) is 7.12. The normalized spacial score (nSPS) is 17.1. The Morgan fingerprint density at radius 1 is 1.04 bits per heavy atom. The first kappa shape index (κ1) is 17.8. The minimum atomic E-state index is 0.00414. The SMILES string of the molecule is CC1CCN([C@@H](c2ccccn2)c2nnnn2CCc2ccccc2)CC1. The standard InChI is InChI=1S/C21H26N6/c1-17-10-14-26(15-11-17)20(19-9-5-6-13-22-19)21-23-24-25-27(21)16-12-18-7-3-2-4-8-18/h2-9,13,17,20H,10-12,14-16H2,1H3/t20-/m0/s1. The first-order valence-electron chi connectivity index (χ1n) is 9.76. The van der Waals surface area contributed by atoms with Gasteiger partial charge in [-0.25, -0.2) is 4.68 Å². The molecule has 1 fully saturated rings. The van der Waals surface area contributed by atoms with Crippen LogP contribution in [0.25, 0.3) is 0 Å². The number of aromatic nitrogens is 5. The number of likely N-dealkylation sites (tertiary alicyclic amines) is 1. The summed E-state index contributed by atoms with van der Waals surface area (Å²) in [5, 5.41) is 12.7. The van der Waals surface area contributed by atoms with Crippen molar-refractivity contribution >= 4 is 0 Å². The molecule has 0 amide bonds. The van der Waals surface area contributed by atoms with Gasteiger partial charge in [-0.1, -0.05) is 43.3 Å². The molecule has 1 aliphatic heterocycles. The number of hydrogen-bond donors (Lipinski definition) is 0. The Morgan fingerprint density at radius 2 is 1.81 bits per heavy atom. The molecule has 0 unspecified atom stereocenters. The number of nitrogens with zero attached hydrogens (tertiary/aromatic N) is 6. The molecule has 1 aliphatic rings. The molecule has 2 aromatic heterocycles. The van der Waals surface area contributed by atoms with Crippen LogP contribution in [0.2, 0.25) is 0 Å². The molecule has 0 spiro atoms. The van der Waals surface area contributed by atoms with E-state index in [2.05, 4.69) is 62.7 Å². The Bertz CT molecular complexity index is 824. The van der Waals surface area contributed by atoms with E-state index in [4.69, 9.17) is 0 Å². The molecular formula is C21H26N6. The molecule has 3 heterocycles. The minimum Gasteiger partial charge on any atom is -0.288 e. The van der Waals surface area contributed by atoms with E-state index in [-0.39, 0.29) is 6.04 Å². The summed E-state index contributed by atoms with van der Waals surface area (Å²) in [6.45, 7) is 5.19. The lowest BCUT2D eigenvalue weighted by Gasteiger charge is -2.35. The van der Waals surface area contributed by atoms with Crippen molar-refractivity contribution < 1.29 is 0 Å². The number of hydrogen-bond acceptors (Lipinski definition) is 5. The van der Waals surface area contributed by atoms with Crippen molar-refractivity contribution in [2.45, 2.75) is 38.8 Å². The Kier molecular flexibility index (Phi) is 5.53. The number of benzene rings is 1. The molecule has 0 aliphatic carbocycles. The lowest BCUT2D eigenvalue weighted by atomic mass is 9.97. The zero-order valence-corrected chi connectivity index (χ0v) is 15.8. The summed E-state index contributed by atoms with van der Waals surface area (Å²) in [6, 6.07) is 16.6. The summed E-state index contributed by atoms with van der Waals surface area (Å²) in [5.41, 5.74) is 2.31. The van der Waals surface area contributed by atoms with Gasteiger partial charge in [0.1, 0.15) is 6.04 Å². The largest absolute Gasteiger partial charge is 0.288 e. The molecule has 0 saturated carbocycles. The minimum absolute atomic E-state index is 0.00414. The van der Waals surface area contributed by atoms with Gasteiger partial charge in [-0.2, -0.15) is 0 Å². The molecule has 1 saturated heterocycles. The number of pyridine rings is 1. The van der Waals surface area contributed by atoms with Gasteiger partial charge in [0, 0.05) is 12.7 Å². The van der Waals surface area contributed by atoms with Crippen LogP contribution in [0.4, 0.5) is 0 Å². The van der Waals surface area contributed by atoms with Crippen molar-refractivity contribution in [2.24, 2.45) is 5.92 Å². The molecule has 4 rings (SSSR count). The first-order chi connectivity index (χ1) is 13.3. The number of rotatable bonds is 6. The smallest absolute Gasteiger partial charge is 0.174 e. The predicted octanol–water partition coefficient (Wildman–Crippen LogP) is 3.13. The zero-order chi connectivity index (χ0) is 18.5. The molecule has 0 N–H and O–H groups in total. The summed E-state index contributed by atoms with van der Waals surface area (Å²) in [7, 11) is 0. The second-order valence-electron chi connectivity index (χ2n) is 7.37. The van der Waals surface area contributed by atoms with E-state index in [1.807, 2.05) is 29.1 Å². The summed E-state index contributed by atoms with van der Waals surface area (Å²) in [5.74, 6) is 1.67. The van der Waals surface area contributed by atoms with E-state index < -0.39 is 0 Å². The fourth-order valence-electron chi connectivity index (χ4n) is 3.75. The van der Waals surface area contributed by atoms with Crippen molar-refractivity contribution in [1.82, 2.24) is 30.1 Å². The molecular weight excluding hydrogens is 336 g/mol. The summed E-state index contributed by atoms with van der Waals surface area (Å²) in [6.07, 6.45) is 5.17. The lowest BCUT2D eigenvalue weighted by Crippen LogP contribution is -2.38. The number of aryl methyl sites for hydroxylation is 2. The Morgan fingerprint density at radius 3 is 2.56 bits per heavy atom. The average Bonchev–Trinajstić information content (AvgIpc) is 3.18. The Labute approximate surface area is 160 Å². The summed E-state index contributed by atoms with van der Waals surface area (Å²) < 4.78 is 1.95. The molecule has 27 heavy (non-hydrogen) atoms. The van der Waals surface area contributed by atoms with E-state index in [0.29, 0.717) is 0 Å². The molecule has 1 aromatic carbocycles. The van der Waals surface area contributed by atoms with Gasteiger partial charge in [0.25, 0.3) is 0 Å². The Hall–Kier alpha value is -2.60. The highest BCUT2D eigenvalue weighted by molar-refractivity contribution is 5.18. The van der Waals surface area contributed by atoms with Crippen molar-refractivity contribution in [3.05, 3.63) is 71.8 Å². The van der Waals surface area contributed by atoms with Gasteiger partial charge in [-0.15, -0.1) is 5.10 Å². The average molecular weight is 362 g/mol. The topological polar surface area (TPSA) is 59.7 Å². The quantitative estimate of drug-likeness (QED) is 0.674. The number of tetrazole rings is 1. The van der Waals surface area contributed by atoms with Crippen LogP contribution < -0.4 is 0 Å². The highest BCUT2D eigenvalue weighted by atomic mass is 15.5. The van der Waals surface area contributed by atoms with Crippen LogP contribution in [0, 0.1) is 5.92 Å². The van der Waals surface area contributed by atoms with Crippen molar-refractivity contribution in [3.63, 3.8) is 0 Å². The second kappa shape index (κ2) is 8.39. The van der Waals surface area contributed by atoms with E-state index in [9.17, 15) is 0 Å². The third-order valence-electron chi connectivity index (χ3n) is 5.41. The highest BCUT2D eigenvalue weighted by Crippen LogP contribution is 2.30. The highest BCUT2D eigenvalue weighted by Gasteiger charge is 2.31. The van der Waals surface area contributed by atoms with Gasteiger partial charge < -0.3 is 0 Å². The monoisotopic (exact) mass is 362 g/mol. The van der Waals surface area contributed by atoms with E-state index >= 15 is 0 Å². The van der Waals surface area contributed by atoms with Crippen LogP contribution in [0.3, 0.4) is 0 Å². The van der Waals surface area contributed by atoms with Crippen LogP contribution in [-0.2, 0) is 13.0 Å². The maximum atomic E-state index is 4.64. The molecule has 3 aromatic rings. The maximum Gasteiger partial charge on any atom is 0.174 e. The molecule has 6 nitrogen and oxygen atoms in total. The van der Waals surface area contributed by atoms with Gasteiger partial charge >= 0.3 is 0 Å². The fourth-order valence-corrected chi connectivity index (χ4v) is 3.75. The molecule has 0 bridgehead atoms. The van der Waals surface area contributed by atoms with Gasteiger partial charge in [0.15, 0.2) is 5.82 Å². The van der Waals surface area contributed by atoms with Crippen LogP contribution in [-0.4, -0.2) is 43.2 Å². The van der Waals surface area contributed by atoms with Crippen molar-refractivity contribution in [3.8, 4) is 0 Å². The van der Waals surface area contributed by atoms with E-state index in [1.54, 1.807) is 0 Å².